The number of nitrogens with zero attached hydrogens (tertiary/aromatic N) is 7. The molecular weight excluding hydrogens is 402 g/mol. The molecule has 9 heteroatoms. The zero-order chi connectivity index (χ0) is 21.5. The zero-order valence-corrected chi connectivity index (χ0v) is 17.1. The van der Waals surface area contributed by atoms with E-state index in [0.29, 0.717) is 12.3 Å². The Bertz CT molecular complexity index is 1420. The van der Waals surface area contributed by atoms with E-state index in [4.69, 9.17) is 10.1 Å². The maximum absolute atomic E-state index is 9.51. The first-order valence-electron chi connectivity index (χ1n) is 10.4. The van der Waals surface area contributed by atoms with Crippen LogP contribution in [-0.4, -0.2) is 40.1 Å². The lowest BCUT2D eigenvalue weighted by atomic mass is 9.65. The number of H-pyrrole nitrogens is 2. The van der Waals surface area contributed by atoms with Gasteiger partial charge in [-0.2, -0.15) is 20.6 Å². The van der Waals surface area contributed by atoms with Crippen LogP contribution >= 0.6 is 0 Å². The topological polar surface area (TPSA) is 125 Å². The highest BCUT2D eigenvalue weighted by Gasteiger charge is 2.47. The first-order valence-corrected chi connectivity index (χ1v) is 10.4. The number of nitriles is 1. The number of fused-ring (bicyclic) bond motifs is 1. The minimum absolute atomic E-state index is 0.320. The second-order valence-corrected chi connectivity index (χ2v) is 8.24. The van der Waals surface area contributed by atoms with Crippen molar-refractivity contribution >= 4 is 10.9 Å². The number of hydrogen-bond acceptors (Lipinski definition) is 6. The third kappa shape index (κ3) is 2.88. The average Bonchev–Trinajstić information content (AvgIpc) is 3.57. The molecule has 9 nitrogen and oxygen atoms in total. The normalized spacial score (nSPS) is 20.2. The zero-order valence-electron chi connectivity index (χ0n) is 17.1. The lowest BCUT2D eigenvalue weighted by Gasteiger charge is -2.46. The predicted octanol–water partition coefficient (Wildman–Crippen LogP) is 3.79. The van der Waals surface area contributed by atoms with Crippen molar-refractivity contribution in [2.75, 3.05) is 0 Å². The fourth-order valence-corrected chi connectivity index (χ4v) is 4.65. The third-order valence-electron chi connectivity index (χ3n) is 6.33. The van der Waals surface area contributed by atoms with Crippen LogP contribution in [0.25, 0.3) is 33.5 Å². The number of aromatic amines is 2. The van der Waals surface area contributed by atoms with Gasteiger partial charge in [0, 0.05) is 47.3 Å². The van der Waals surface area contributed by atoms with Gasteiger partial charge < -0.3 is 0 Å². The van der Waals surface area contributed by atoms with E-state index in [2.05, 4.69) is 31.4 Å². The van der Waals surface area contributed by atoms with E-state index in [0.717, 1.165) is 52.1 Å². The summed E-state index contributed by atoms with van der Waals surface area (Å²) in [7, 11) is 0. The summed E-state index contributed by atoms with van der Waals surface area (Å²) in [5.74, 6) is 0.353. The van der Waals surface area contributed by atoms with Crippen LogP contribution in [0.2, 0.25) is 0 Å². The predicted molar refractivity (Wildman–Crippen MR) is 117 cm³/mol. The van der Waals surface area contributed by atoms with Crippen molar-refractivity contribution in [1.29, 1.82) is 5.26 Å². The van der Waals surface area contributed by atoms with Gasteiger partial charge >= 0.3 is 0 Å². The molecule has 2 N–H and O–H groups in total. The van der Waals surface area contributed by atoms with Crippen molar-refractivity contribution in [3.05, 3.63) is 67.0 Å². The van der Waals surface area contributed by atoms with Crippen LogP contribution in [0.5, 0.6) is 0 Å². The summed E-state index contributed by atoms with van der Waals surface area (Å²) >= 11 is 0. The molecule has 0 atom stereocenters. The third-order valence-corrected chi connectivity index (χ3v) is 6.33. The molecule has 0 aliphatic heterocycles. The van der Waals surface area contributed by atoms with Gasteiger partial charge in [0.05, 0.1) is 35.4 Å². The van der Waals surface area contributed by atoms with Gasteiger partial charge in [0.15, 0.2) is 0 Å². The summed E-state index contributed by atoms with van der Waals surface area (Å²) in [4.78, 5) is 9.43. The first-order chi connectivity index (χ1) is 15.8. The molecule has 6 rings (SSSR count). The molecule has 1 saturated carbocycles. The average molecular weight is 421 g/mol. The Morgan fingerprint density at radius 2 is 2.09 bits per heavy atom. The van der Waals surface area contributed by atoms with Gasteiger partial charge in [-0.25, -0.2) is 4.98 Å². The van der Waals surface area contributed by atoms with Gasteiger partial charge in [0.25, 0.3) is 0 Å². The van der Waals surface area contributed by atoms with Crippen molar-refractivity contribution in [1.82, 2.24) is 40.1 Å². The van der Waals surface area contributed by atoms with Crippen LogP contribution in [0, 0.1) is 11.3 Å². The van der Waals surface area contributed by atoms with E-state index >= 15 is 0 Å². The molecule has 1 fully saturated rings. The Morgan fingerprint density at radius 1 is 1.16 bits per heavy atom. The van der Waals surface area contributed by atoms with Gasteiger partial charge in [0.1, 0.15) is 11.4 Å². The van der Waals surface area contributed by atoms with E-state index in [1.54, 1.807) is 18.6 Å². The monoisotopic (exact) mass is 421 g/mol. The molecule has 1 aliphatic carbocycles. The summed E-state index contributed by atoms with van der Waals surface area (Å²) in [5, 5.41) is 29.3. The first kappa shape index (κ1) is 18.4. The van der Waals surface area contributed by atoms with Gasteiger partial charge in [-0.1, -0.05) is 0 Å². The summed E-state index contributed by atoms with van der Waals surface area (Å²) in [5.41, 5.74) is 4.83. The standard InChI is InChI=1S/C23H19N9/c24-6-5-23(11-15(12-23)18-3-8-26-30-18)32-9-4-19(31-32)22-17-2-1-7-25-21(17)10-20(29-22)16-13-27-28-14-16/h1-4,7-10,13-15H,5,11-12H2,(H,26,30)(H,27,28)/t15-,23+. The number of hydrogen-bond donors (Lipinski definition) is 2. The van der Waals surface area contributed by atoms with Crippen LogP contribution in [0.4, 0.5) is 0 Å². The quantitative estimate of drug-likeness (QED) is 0.445. The lowest BCUT2D eigenvalue weighted by Crippen LogP contribution is -2.45. The van der Waals surface area contributed by atoms with Crippen molar-refractivity contribution < 1.29 is 0 Å². The Kier molecular flexibility index (Phi) is 4.11. The van der Waals surface area contributed by atoms with Crippen molar-refractivity contribution in [3.8, 4) is 28.7 Å². The summed E-state index contributed by atoms with van der Waals surface area (Å²) in [6.07, 6.45) is 11.1. The Morgan fingerprint density at radius 3 is 2.88 bits per heavy atom. The molecule has 1 aliphatic rings. The molecule has 5 aromatic rings. The Labute approximate surface area is 183 Å². The highest BCUT2D eigenvalue weighted by molar-refractivity contribution is 5.93. The maximum Gasteiger partial charge on any atom is 0.111 e. The molecule has 0 radical (unpaired) electrons. The minimum Gasteiger partial charge on any atom is -0.285 e. The number of nitrogens with one attached hydrogen (secondary N) is 2. The Balaban J connectivity index is 1.41. The van der Waals surface area contributed by atoms with E-state index < -0.39 is 0 Å². The second-order valence-electron chi connectivity index (χ2n) is 8.24. The molecule has 0 spiro atoms. The highest BCUT2D eigenvalue weighted by Crippen LogP contribution is 2.51. The van der Waals surface area contributed by atoms with Crippen LogP contribution < -0.4 is 0 Å². The molecule has 32 heavy (non-hydrogen) atoms. The van der Waals surface area contributed by atoms with Gasteiger partial charge in [-0.05, 0) is 43.2 Å². The van der Waals surface area contributed by atoms with Crippen LogP contribution in [0.3, 0.4) is 0 Å². The van der Waals surface area contributed by atoms with Crippen molar-refractivity contribution in [3.63, 3.8) is 0 Å². The number of aromatic nitrogens is 8. The number of rotatable bonds is 5. The maximum atomic E-state index is 9.51. The fraction of sp³-hybridized carbons (Fsp3) is 0.217. The van der Waals surface area contributed by atoms with Crippen LogP contribution in [0.1, 0.15) is 30.9 Å². The lowest BCUT2D eigenvalue weighted by molar-refractivity contribution is 0.0985. The number of pyridine rings is 2. The molecule has 0 bridgehead atoms. The molecule has 0 amide bonds. The van der Waals surface area contributed by atoms with Gasteiger partial charge in [0.2, 0.25) is 0 Å². The van der Waals surface area contributed by atoms with Crippen molar-refractivity contribution in [2.24, 2.45) is 0 Å². The molecule has 0 saturated heterocycles. The Hall–Kier alpha value is -4.32. The summed E-state index contributed by atoms with van der Waals surface area (Å²) in [6.45, 7) is 0. The SMILES string of the molecule is N#CC[C@]1(n2ccc(-c3nc(-c4cn[nH]c4)cc4ncccc34)n2)C[C@@H](c2ccn[nH]2)C1. The molecule has 0 aromatic carbocycles. The van der Waals surface area contributed by atoms with Crippen molar-refractivity contribution in [2.45, 2.75) is 30.7 Å². The van der Waals surface area contributed by atoms with E-state index in [9.17, 15) is 5.26 Å². The van der Waals surface area contributed by atoms with Gasteiger partial charge in [-0.3, -0.25) is 19.9 Å². The summed E-state index contributed by atoms with van der Waals surface area (Å²) < 4.78 is 1.95. The van der Waals surface area contributed by atoms with E-state index in [1.165, 1.54) is 0 Å². The minimum atomic E-state index is -0.320. The summed E-state index contributed by atoms with van der Waals surface area (Å²) in [6, 6.07) is 12.2. The highest BCUT2D eigenvalue weighted by atomic mass is 15.3. The van der Waals surface area contributed by atoms with Crippen LogP contribution in [-0.2, 0) is 5.54 Å². The van der Waals surface area contributed by atoms with E-state index in [1.807, 2.05) is 47.4 Å². The second kappa shape index (κ2) is 7.13. The molecular formula is C23H19N9. The van der Waals surface area contributed by atoms with E-state index in [-0.39, 0.29) is 5.54 Å². The van der Waals surface area contributed by atoms with Gasteiger partial charge in [-0.15, -0.1) is 0 Å². The molecule has 156 valence electrons. The van der Waals surface area contributed by atoms with Crippen LogP contribution in [0.15, 0.2) is 61.3 Å². The molecule has 5 aromatic heterocycles. The molecule has 5 heterocycles. The molecule has 0 unspecified atom stereocenters. The fourth-order valence-electron chi connectivity index (χ4n) is 4.65. The largest absolute Gasteiger partial charge is 0.285 e. The smallest absolute Gasteiger partial charge is 0.111 e.